The molecule has 0 saturated heterocycles. The number of rotatable bonds is 4. The smallest absolute Gasteiger partial charge is 0.240 e. The zero-order chi connectivity index (χ0) is 15.6. The molecule has 0 fully saturated rings. The average molecular weight is 325 g/mol. The van der Waals surface area contributed by atoms with E-state index in [0.29, 0.717) is 10.7 Å². The van der Waals surface area contributed by atoms with Crippen molar-refractivity contribution in [1.29, 1.82) is 0 Å². The first-order valence-electron chi connectivity index (χ1n) is 6.40. The number of sulfonamides is 1. The minimum absolute atomic E-state index is 0.178. The van der Waals surface area contributed by atoms with E-state index in [4.69, 9.17) is 17.3 Å². The lowest BCUT2D eigenvalue weighted by molar-refractivity contribution is 0.581. The van der Waals surface area contributed by atoms with E-state index < -0.39 is 10.0 Å². The molecule has 0 saturated carbocycles. The number of hydrogen-bond donors (Lipinski definition) is 2. The minimum Gasteiger partial charge on any atom is -0.398 e. The van der Waals surface area contributed by atoms with E-state index in [1.54, 1.807) is 30.3 Å². The van der Waals surface area contributed by atoms with Crippen LogP contribution in [0.15, 0.2) is 41.3 Å². The normalized spacial score (nSPS) is 11.6. The third-order valence-corrected chi connectivity index (χ3v) is 5.00. The molecule has 112 valence electrons. The van der Waals surface area contributed by atoms with Crippen molar-refractivity contribution in [2.24, 2.45) is 0 Å². The first-order valence-corrected chi connectivity index (χ1v) is 8.26. The standard InChI is InChI=1S/C15H17ClN2O2S/c1-10-7-14(8-15(17)11(10)2)21(19,20)18-9-12-3-5-13(16)6-4-12/h3-8,18H,9,17H2,1-2H3. The molecule has 0 amide bonds. The highest BCUT2D eigenvalue weighted by Crippen LogP contribution is 2.21. The van der Waals surface area contributed by atoms with Crippen molar-refractivity contribution < 1.29 is 8.42 Å². The summed E-state index contributed by atoms with van der Waals surface area (Å²) in [4.78, 5) is 0.178. The van der Waals surface area contributed by atoms with Crippen LogP contribution in [-0.2, 0) is 16.6 Å². The van der Waals surface area contributed by atoms with Crippen LogP contribution in [0.25, 0.3) is 0 Å². The van der Waals surface area contributed by atoms with Gasteiger partial charge in [0, 0.05) is 17.3 Å². The number of benzene rings is 2. The Morgan fingerprint density at radius 3 is 2.33 bits per heavy atom. The van der Waals surface area contributed by atoms with E-state index in [9.17, 15) is 8.42 Å². The summed E-state index contributed by atoms with van der Waals surface area (Å²) in [5, 5.41) is 0.614. The zero-order valence-corrected chi connectivity index (χ0v) is 13.4. The second-order valence-corrected chi connectivity index (χ2v) is 7.11. The van der Waals surface area contributed by atoms with Crippen molar-refractivity contribution in [1.82, 2.24) is 4.72 Å². The molecule has 0 aliphatic rings. The lowest BCUT2D eigenvalue weighted by Crippen LogP contribution is -2.23. The van der Waals surface area contributed by atoms with Crippen molar-refractivity contribution in [3.8, 4) is 0 Å². The highest BCUT2D eigenvalue weighted by atomic mass is 35.5. The molecule has 0 radical (unpaired) electrons. The summed E-state index contributed by atoms with van der Waals surface area (Å²) in [5.41, 5.74) is 8.89. The lowest BCUT2D eigenvalue weighted by Gasteiger charge is -2.11. The third-order valence-electron chi connectivity index (χ3n) is 3.37. The molecule has 6 heteroatoms. The monoisotopic (exact) mass is 324 g/mol. The lowest BCUT2D eigenvalue weighted by atomic mass is 10.1. The van der Waals surface area contributed by atoms with Crippen molar-refractivity contribution in [3.63, 3.8) is 0 Å². The second-order valence-electron chi connectivity index (χ2n) is 4.91. The Labute approximate surface area is 130 Å². The molecule has 0 unspecified atom stereocenters. The predicted octanol–water partition coefficient (Wildman–Crippen LogP) is 3.02. The van der Waals surface area contributed by atoms with Crippen LogP contribution in [0.3, 0.4) is 0 Å². The van der Waals surface area contributed by atoms with Crippen LogP contribution in [0, 0.1) is 13.8 Å². The summed E-state index contributed by atoms with van der Waals surface area (Å²) in [6.07, 6.45) is 0. The van der Waals surface area contributed by atoms with Crippen LogP contribution in [0.2, 0.25) is 5.02 Å². The SMILES string of the molecule is Cc1cc(S(=O)(=O)NCc2ccc(Cl)cc2)cc(N)c1C. The van der Waals surface area contributed by atoms with E-state index >= 15 is 0 Å². The molecule has 4 nitrogen and oxygen atoms in total. The summed E-state index contributed by atoms with van der Waals surface area (Å²) < 4.78 is 27.1. The number of halogens is 1. The van der Waals surface area contributed by atoms with E-state index in [-0.39, 0.29) is 11.4 Å². The molecule has 2 aromatic rings. The summed E-state index contributed by atoms with van der Waals surface area (Å²) in [5.74, 6) is 0. The van der Waals surface area contributed by atoms with Crippen LogP contribution < -0.4 is 10.5 Å². The molecule has 21 heavy (non-hydrogen) atoms. The largest absolute Gasteiger partial charge is 0.398 e. The second kappa shape index (κ2) is 6.05. The Hall–Kier alpha value is -1.56. The molecule has 0 bridgehead atoms. The van der Waals surface area contributed by atoms with Gasteiger partial charge in [0.1, 0.15) is 0 Å². The van der Waals surface area contributed by atoms with Gasteiger partial charge in [0.05, 0.1) is 4.90 Å². The van der Waals surface area contributed by atoms with Crippen molar-refractivity contribution in [2.75, 3.05) is 5.73 Å². The van der Waals surface area contributed by atoms with Gasteiger partial charge in [-0.1, -0.05) is 23.7 Å². The van der Waals surface area contributed by atoms with Gasteiger partial charge in [-0.05, 0) is 54.8 Å². The fraction of sp³-hybridized carbons (Fsp3) is 0.200. The van der Waals surface area contributed by atoms with Gasteiger partial charge in [0.2, 0.25) is 10.0 Å². The Morgan fingerprint density at radius 2 is 1.76 bits per heavy atom. The first-order chi connectivity index (χ1) is 9.79. The van der Waals surface area contributed by atoms with Gasteiger partial charge in [-0.2, -0.15) is 0 Å². The molecule has 0 aromatic heterocycles. The molecular weight excluding hydrogens is 308 g/mol. The maximum atomic E-state index is 12.3. The van der Waals surface area contributed by atoms with Gasteiger partial charge in [-0.15, -0.1) is 0 Å². The van der Waals surface area contributed by atoms with Crippen molar-refractivity contribution >= 4 is 27.3 Å². The number of hydrogen-bond acceptors (Lipinski definition) is 3. The van der Waals surface area contributed by atoms with Gasteiger partial charge in [0.15, 0.2) is 0 Å². The van der Waals surface area contributed by atoms with E-state index in [1.165, 1.54) is 6.07 Å². The quantitative estimate of drug-likeness (QED) is 0.849. The number of aryl methyl sites for hydroxylation is 1. The van der Waals surface area contributed by atoms with Crippen LogP contribution in [0.4, 0.5) is 5.69 Å². The Balaban J connectivity index is 2.20. The molecule has 0 atom stereocenters. The number of nitrogen functional groups attached to an aromatic ring is 1. The van der Waals surface area contributed by atoms with Gasteiger partial charge in [-0.3, -0.25) is 0 Å². The topological polar surface area (TPSA) is 72.2 Å². The highest BCUT2D eigenvalue weighted by molar-refractivity contribution is 7.89. The van der Waals surface area contributed by atoms with Crippen LogP contribution in [-0.4, -0.2) is 8.42 Å². The summed E-state index contributed by atoms with van der Waals surface area (Å²) in [6, 6.07) is 10.1. The molecule has 0 heterocycles. The fourth-order valence-corrected chi connectivity index (χ4v) is 3.13. The number of nitrogens with one attached hydrogen (secondary N) is 1. The van der Waals surface area contributed by atoms with Gasteiger partial charge < -0.3 is 5.73 Å². The average Bonchev–Trinajstić information content (AvgIpc) is 2.43. The van der Waals surface area contributed by atoms with Crippen LogP contribution in [0.5, 0.6) is 0 Å². The van der Waals surface area contributed by atoms with E-state index in [1.807, 2.05) is 13.8 Å². The number of nitrogens with two attached hydrogens (primary N) is 1. The number of anilines is 1. The molecule has 2 aromatic carbocycles. The first kappa shape index (κ1) is 15.8. The molecule has 0 aliphatic heterocycles. The molecule has 2 rings (SSSR count). The van der Waals surface area contributed by atoms with Crippen molar-refractivity contribution in [2.45, 2.75) is 25.3 Å². The van der Waals surface area contributed by atoms with Crippen molar-refractivity contribution in [3.05, 3.63) is 58.1 Å². The molecule has 3 N–H and O–H groups in total. The Morgan fingerprint density at radius 1 is 1.14 bits per heavy atom. The van der Waals surface area contributed by atoms with Crippen LogP contribution >= 0.6 is 11.6 Å². The summed E-state index contributed by atoms with van der Waals surface area (Å²) in [7, 11) is -3.59. The van der Waals surface area contributed by atoms with Gasteiger partial charge in [-0.25, -0.2) is 13.1 Å². The highest BCUT2D eigenvalue weighted by Gasteiger charge is 2.16. The Bertz CT molecular complexity index is 733. The maximum Gasteiger partial charge on any atom is 0.240 e. The maximum absolute atomic E-state index is 12.3. The van der Waals surface area contributed by atoms with E-state index in [0.717, 1.165) is 16.7 Å². The summed E-state index contributed by atoms with van der Waals surface area (Å²) >= 11 is 5.79. The van der Waals surface area contributed by atoms with Gasteiger partial charge in [0.25, 0.3) is 0 Å². The Kier molecular flexibility index (Phi) is 4.56. The van der Waals surface area contributed by atoms with Gasteiger partial charge >= 0.3 is 0 Å². The molecule has 0 aliphatic carbocycles. The summed E-state index contributed by atoms with van der Waals surface area (Å²) in [6.45, 7) is 3.90. The minimum atomic E-state index is -3.59. The third kappa shape index (κ3) is 3.75. The van der Waals surface area contributed by atoms with E-state index in [2.05, 4.69) is 4.72 Å². The molecule has 0 spiro atoms. The zero-order valence-electron chi connectivity index (χ0n) is 11.9. The predicted molar refractivity (Wildman–Crippen MR) is 85.8 cm³/mol. The van der Waals surface area contributed by atoms with Crippen LogP contribution in [0.1, 0.15) is 16.7 Å². The fourth-order valence-electron chi connectivity index (χ4n) is 1.87. The molecular formula is C15H17ClN2O2S.